The maximum Gasteiger partial charge on any atom is 0.411 e. The summed E-state index contributed by atoms with van der Waals surface area (Å²) < 4.78 is 10.5. The van der Waals surface area contributed by atoms with Crippen molar-refractivity contribution < 1.29 is 19.1 Å². The second-order valence-corrected chi connectivity index (χ2v) is 7.57. The van der Waals surface area contributed by atoms with Crippen molar-refractivity contribution in [3.8, 4) is 0 Å². The minimum absolute atomic E-state index is 0.0369. The molecule has 7 nitrogen and oxygen atoms in total. The molecule has 2 heterocycles. The zero-order valence-corrected chi connectivity index (χ0v) is 16.5. The summed E-state index contributed by atoms with van der Waals surface area (Å²) in [7, 11) is 0. The SMILES string of the molecule is O=C1CN(C2COC2)C(c2ccc(NC(=O)OCc3ccc(Cl)cc3)cc2)CN1. The van der Waals surface area contributed by atoms with E-state index >= 15 is 0 Å². The number of hydrogen-bond donors (Lipinski definition) is 2. The van der Waals surface area contributed by atoms with Crippen LogP contribution in [0.3, 0.4) is 0 Å². The van der Waals surface area contributed by atoms with Gasteiger partial charge in [0.2, 0.25) is 5.91 Å². The molecule has 1 atom stereocenters. The van der Waals surface area contributed by atoms with Gasteiger partial charge in [0.25, 0.3) is 0 Å². The van der Waals surface area contributed by atoms with Crippen LogP contribution in [0.2, 0.25) is 5.02 Å². The van der Waals surface area contributed by atoms with Gasteiger partial charge in [0.1, 0.15) is 6.61 Å². The Morgan fingerprint density at radius 3 is 2.55 bits per heavy atom. The number of halogens is 1. The molecule has 0 aromatic heterocycles. The summed E-state index contributed by atoms with van der Waals surface area (Å²) in [6, 6.07) is 15.1. The van der Waals surface area contributed by atoms with Crippen LogP contribution < -0.4 is 10.6 Å². The van der Waals surface area contributed by atoms with Gasteiger partial charge in [0.05, 0.1) is 31.8 Å². The highest BCUT2D eigenvalue weighted by Crippen LogP contribution is 2.28. The van der Waals surface area contributed by atoms with Gasteiger partial charge in [0, 0.05) is 17.3 Å². The number of benzene rings is 2. The van der Waals surface area contributed by atoms with Crippen LogP contribution in [0.25, 0.3) is 0 Å². The van der Waals surface area contributed by atoms with E-state index < -0.39 is 6.09 Å². The van der Waals surface area contributed by atoms with Gasteiger partial charge in [-0.15, -0.1) is 0 Å². The normalized spacial score (nSPS) is 19.9. The lowest BCUT2D eigenvalue weighted by Gasteiger charge is -2.44. The Morgan fingerprint density at radius 1 is 1.17 bits per heavy atom. The monoisotopic (exact) mass is 415 g/mol. The van der Waals surface area contributed by atoms with Crippen LogP contribution in [-0.4, -0.2) is 49.2 Å². The Bertz CT molecular complexity index is 868. The third-order valence-electron chi connectivity index (χ3n) is 5.13. The molecule has 2 fully saturated rings. The molecule has 4 rings (SSSR count). The number of rotatable bonds is 5. The summed E-state index contributed by atoms with van der Waals surface area (Å²) >= 11 is 5.85. The van der Waals surface area contributed by atoms with E-state index in [4.69, 9.17) is 21.1 Å². The van der Waals surface area contributed by atoms with E-state index in [0.29, 0.717) is 37.0 Å². The molecule has 0 radical (unpaired) electrons. The number of nitrogens with one attached hydrogen (secondary N) is 2. The van der Waals surface area contributed by atoms with Gasteiger partial charge in [-0.1, -0.05) is 35.9 Å². The van der Waals surface area contributed by atoms with E-state index in [2.05, 4.69) is 15.5 Å². The van der Waals surface area contributed by atoms with Crippen molar-refractivity contribution in [1.82, 2.24) is 10.2 Å². The first-order valence-electron chi connectivity index (χ1n) is 9.47. The number of piperazine rings is 1. The Hall–Kier alpha value is -2.61. The summed E-state index contributed by atoms with van der Waals surface area (Å²) in [5.41, 5.74) is 2.59. The van der Waals surface area contributed by atoms with Crippen LogP contribution in [0.5, 0.6) is 0 Å². The van der Waals surface area contributed by atoms with Crippen LogP contribution in [0, 0.1) is 0 Å². The zero-order valence-electron chi connectivity index (χ0n) is 15.8. The van der Waals surface area contributed by atoms with Gasteiger partial charge >= 0.3 is 6.09 Å². The molecule has 29 heavy (non-hydrogen) atoms. The molecule has 2 saturated heterocycles. The minimum atomic E-state index is -0.522. The van der Waals surface area contributed by atoms with Crippen LogP contribution in [-0.2, 0) is 20.9 Å². The summed E-state index contributed by atoms with van der Waals surface area (Å²) in [5.74, 6) is 0.0369. The molecule has 2 aromatic rings. The second-order valence-electron chi connectivity index (χ2n) is 7.13. The molecule has 2 aliphatic rings. The fraction of sp³-hybridized carbons (Fsp3) is 0.333. The van der Waals surface area contributed by atoms with Gasteiger partial charge in [-0.25, -0.2) is 4.79 Å². The zero-order chi connectivity index (χ0) is 20.2. The molecular formula is C21H22ClN3O4. The van der Waals surface area contributed by atoms with Crippen molar-refractivity contribution in [2.45, 2.75) is 18.7 Å². The smallest absolute Gasteiger partial charge is 0.411 e. The fourth-order valence-corrected chi connectivity index (χ4v) is 3.57. The number of carbonyl (C=O) groups excluding carboxylic acids is 2. The highest BCUT2D eigenvalue weighted by atomic mass is 35.5. The van der Waals surface area contributed by atoms with Gasteiger partial charge in [0.15, 0.2) is 0 Å². The molecule has 2 aromatic carbocycles. The molecule has 152 valence electrons. The van der Waals surface area contributed by atoms with Crippen LogP contribution in [0.1, 0.15) is 17.2 Å². The van der Waals surface area contributed by atoms with Crippen LogP contribution >= 0.6 is 11.6 Å². The first-order chi connectivity index (χ1) is 14.1. The number of amides is 2. The number of ether oxygens (including phenoxy) is 2. The Labute approximate surface area is 173 Å². The van der Waals surface area contributed by atoms with E-state index in [1.165, 1.54) is 0 Å². The van der Waals surface area contributed by atoms with E-state index in [1.54, 1.807) is 12.1 Å². The van der Waals surface area contributed by atoms with Crippen molar-refractivity contribution in [2.75, 3.05) is 31.6 Å². The summed E-state index contributed by atoms with van der Waals surface area (Å²) in [6.07, 6.45) is -0.522. The topological polar surface area (TPSA) is 79.9 Å². The molecule has 0 bridgehead atoms. The fourth-order valence-electron chi connectivity index (χ4n) is 3.44. The van der Waals surface area contributed by atoms with E-state index in [9.17, 15) is 9.59 Å². The number of anilines is 1. The van der Waals surface area contributed by atoms with Crippen molar-refractivity contribution in [1.29, 1.82) is 0 Å². The first kappa shape index (κ1) is 19.7. The second kappa shape index (κ2) is 8.82. The number of nitrogens with zero attached hydrogens (tertiary/aromatic N) is 1. The summed E-state index contributed by atoms with van der Waals surface area (Å²) in [5, 5.41) is 6.29. The van der Waals surface area contributed by atoms with Gasteiger partial charge in [-0.2, -0.15) is 0 Å². The van der Waals surface area contributed by atoms with Gasteiger partial charge in [-0.05, 0) is 35.4 Å². The third kappa shape index (κ3) is 4.87. The van der Waals surface area contributed by atoms with Crippen molar-refractivity contribution in [3.63, 3.8) is 0 Å². The quantitative estimate of drug-likeness (QED) is 0.784. The molecular weight excluding hydrogens is 394 g/mol. The largest absolute Gasteiger partial charge is 0.444 e. The highest BCUT2D eigenvalue weighted by molar-refractivity contribution is 6.30. The molecule has 1 unspecified atom stereocenters. The van der Waals surface area contributed by atoms with Crippen molar-refractivity contribution in [3.05, 3.63) is 64.7 Å². The van der Waals surface area contributed by atoms with Gasteiger partial charge < -0.3 is 14.8 Å². The lowest BCUT2D eigenvalue weighted by molar-refractivity contribution is -0.134. The minimum Gasteiger partial charge on any atom is -0.444 e. The standard InChI is InChI=1S/C21H22ClN3O4/c22-16-5-1-14(2-6-16)11-29-21(27)24-17-7-3-15(4-8-17)19-9-23-20(26)10-25(19)18-12-28-13-18/h1-8,18-19H,9-13H2,(H,23,26)(H,24,27). The third-order valence-corrected chi connectivity index (χ3v) is 5.39. The Kier molecular flexibility index (Phi) is 5.99. The van der Waals surface area contributed by atoms with Gasteiger partial charge in [-0.3, -0.25) is 15.0 Å². The average Bonchev–Trinajstić information content (AvgIpc) is 2.67. The highest BCUT2D eigenvalue weighted by Gasteiger charge is 2.36. The maximum atomic E-state index is 12.0. The van der Waals surface area contributed by atoms with E-state index in [-0.39, 0.29) is 24.6 Å². The lowest BCUT2D eigenvalue weighted by Crippen LogP contribution is -2.58. The summed E-state index contributed by atoms with van der Waals surface area (Å²) in [4.78, 5) is 26.0. The predicted octanol–water partition coefficient (Wildman–Crippen LogP) is 2.96. The summed E-state index contributed by atoms with van der Waals surface area (Å²) in [6.45, 7) is 2.41. The predicted molar refractivity (Wildman–Crippen MR) is 109 cm³/mol. The first-order valence-corrected chi connectivity index (χ1v) is 9.84. The molecule has 2 N–H and O–H groups in total. The maximum absolute atomic E-state index is 12.0. The van der Waals surface area contributed by atoms with Crippen LogP contribution in [0.4, 0.5) is 10.5 Å². The molecule has 8 heteroatoms. The molecule has 0 aliphatic carbocycles. The van der Waals surface area contributed by atoms with Crippen molar-refractivity contribution >= 4 is 29.3 Å². The Morgan fingerprint density at radius 2 is 1.90 bits per heavy atom. The molecule has 0 spiro atoms. The molecule has 2 amide bonds. The lowest BCUT2D eigenvalue weighted by atomic mass is 10.00. The number of hydrogen-bond acceptors (Lipinski definition) is 5. The van der Waals surface area contributed by atoms with Crippen molar-refractivity contribution in [2.24, 2.45) is 0 Å². The number of carbonyl (C=O) groups is 2. The van der Waals surface area contributed by atoms with Crippen LogP contribution in [0.15, 0.2) is 48.5 Å². The van der Waals surface area contributed by atoms with E-state index in [1.807, 2.05) is 36.4 Å². The van der Waals surface area contributed by atoms with E-state index in [0.717, 1.165) is 11.1 Å². The average molecular weight is 416 g/mol. The molecule has 0 saturated carbocycles. The Balaban J connectivity index is 1.34. The molecule has 2 aliphatic heterocycles.